The molecule has 0 atom stereocenters. The fraction of sp³-hybridized carbons (Fsp3) is 0.300. The first-order chi connectivity index (χ1) is 13.1. The highest BCUT2D eigenvalue weighted by molar-refractivity contribution is 7.98. The van der Waals surface area contributed by atoms with Crippen molar-refractivity contribution in [2.24, 2.45) is 0 Å². The molecule has 0 bridgehead atoms. The van der Waals surface area contributed by atoms with Gasteiger partial charge in [0.05, 0.1) is 10.2 Å². The van der Waals surface area contributed by atoms with Gasteiger partial charge in [-0.05, 0) is 37.4 Å². The highest BCUT2D eigenvalue weighted by Crippen LogP contribution is 2.34. The number of aryl methyl sites for hydroxylation is 1. The third-order valence-electron chi connectivity index (χ3n) is 4.73. The molecule has 1 aromatic heterocycles. The maximum Gasteiger partial charge on any atom is 0.321 e. The molecule has 0 unspecified atom stereocenters. The number of amides is 2. The van der Waals surface area contributed by atoms with Crippen LogP contribution in [-0.4, -0.2) is 48.3 Å². The Bertz CT molecular complexity index is 946. The van der Waals surface area contributed by atoms with E-state index in [9.17, 15) is 4.79 Å². The van der Waals surface area contributed by atoms with Crippen molar-refractivity contribution in [3.63, 3.8) is 0 Å². The predicted octanol–water partition coefficient (Wildman–Crippen LogP) is 4.68. The number of anilines is 2. The van der Waals surface area contributed by atoms with E-state index in [1.807, 2.05) is 36.1 Å². The molecule has 3 aromatic rings. The molecule has 140 valence electrons. The van der Waals surface area contributed by atoms with Crippen molar-refractivity contribution in [2.45, 2.75) is 11.8 Å². The Hall–Kier alpha value is -2.25. The van der Waals surface area contributed by atoms with Crippen molar-refractivity contribution >= 4 is 50.2 Å². The van der Waals surface area contributed by atoms with Crippen LogP contribution < -0.4 is 10.2 Å². The Morgan fingerprint density at radius 2 is 1.85 bits per heavy atom. The minimum absolute atomic E-state index is 0.0347. The van der Waals surface area contributed by atoms with E-state index in [0.29, 0.717) is 13.1 Å². The second kappa shape index (κ2) is 7.78. The van der Waals surface area contributed by atoms with Gasteiger partial charge in [0.1, 0.15) is 0 Å². The zero-order valence-corrected chi connectivity index (χ0v) is 17.1. The van der Waals surface area contributed by atoms with Gasteiger partial charge in [-0.25, -0.2) is 9.78 Å². The number of hydrogen-bond acceptors (Lipinski definition) is 5. The number of rotatable bonds is 3. The molecule has 1 N–H and O–H groups in total. The van der Waals surface area contributed by atoms with E-state index < -0.39 is 0 Å². The first-order valence-electron chi connectivity index (χ1n) is 8.95. The van der Waals surface area contributed by atoms with Crippen LogP contribution in [0, 0.1) is 6.92 Å². The summed E-state index contributed by atoms with van der Waals surface area (Å²) in [5.41, 5.74) is 3.11. The number of hydrogen-bond donors (Lipinski definition) is 1. The second-order valence-electron chi connectivity index (χ2n) is 6.57. The topological polar surface area (TPSA) is 48.5 Å². The van der Waals surface area contributed by atoms with Crippen molar-refractivity contribution in [1.29, 1.82) is 0 Å². The zero-order chi connectivity index (χ0) is 18.8. The highest BCUT2D eigenvalue weighted by atomic mass is 32.2. The summed E-state index contributed by atoms with van der Waals surface area (Å²) in [7, 11) is 0. The van der Waals surface area contributed by atoms with Crippen molar-refractivity contribution in [3.8, 4) is 0 Å². The van der Waals surface area contributed by atoms with Gasteiger partial charge >= 0.3 is 6.03 Å². The normalized spacial score (nSPS) is 14.6. The van der Waals surface area contributed by atoms with Gasteiger partial charge in [-0.15, -0.1) is 11.8 Å². The number of benzene rings is 2. The number of piperazine rings is 1. The fourth-order valence-electron chi connectivity index (χ4n) is 3.15. The number of carbonyl (C=O) groups excluding carboxylic acids is 1. The average Bonchev–Trinajstić information content (AvgIpc) is 3.14. The van der Waals surface area contributed by atoms with Crippen LogP contribution in [0.4, 0.5) is 15.6 Å². The van der Waals surface area contributed by atoms with Gasteiger partial charge in [0, 0.05) is 36.8 Å². The smallest absolute Gasteiger partial charge is 0.321 e. The van der Waals surface area contributed by atoms with E-state index >= 15 is 0 Å². The molecule has 1 saturated heterocycles. The monoisotopic (exact) mass is 398 g/mol. The Labute approximate surface area is 167 Å². The Morgan fingerprint density at radius 3 is 2.56 bits per heavy atom. The Balaban J connectivity index is 1.40. The van der Waals surface area contributed by atoms with Crippen LogP contribution in [0.1, 0.15) is 5.56 Å². The second-order valence-corrected chi connectivity index (χ2v) is 8.43. The summed E-state index contributed by atoms with van der Waals surface area (Å²) in [4.78, 5) is 22.7. The molecule has 2 aromatic carbocycles. The van der Waals surface area contributed by atoms with Gasteiger partial charge in [0.15, 0.2) is 5.13 Å². The Kier molecular flexibility index (Phi) is 5.22. The molecule has 0 saturated carbocycles. The van der Waals surface area contributed by atoms with Crippen LogP contribution in [0.2, 0.25) is 0 Å². The summed E-state index contributed by atoms with van der Waals surface area (Å²) in [5, 5.41) is 4.03. The van der Waals surface area contributed by atoms with Gasteiger partial charge in [-0.1, -0.05) is 35.1 Å². The largest absolute Gasteiger partial charge is 0.345 e. The minimum Gasteiger partial charge on any atom is -0.345 e. The minimum atomic E-state index is -0.0347. The lowest BCUT2D eigenvalue weighted by Gasteiger charge is -2.34. The van der Waals surface area contributed by atoms with Crippen LogP contribution in [-0.2, 0) is 0 Å². The van der Waals surface area contributed by atoms with Crippen LogP contribution in [0.15, 0.2) is 47.4 Å². The van der Waals surface area contributed by atoms with Gasteiger partial charge in [0.2, 0.25) is 0 Å². The molecule has 5 nitrogen and oxygen atoms in total. The molecular formula is C20H22N4OS2. The zero-order valence-electron chi connectivity index (χ0n) is 15.4. The van der Waals surface area contributed by atoms with Crippen LogP contribution in [0.3, 0.4) is 0 Å². The third kappa shape index (κ3) is 3.89. The molecule has 0 radical (unpaired) electrons. The molecule has 4 rings (SSSR count). The number of aromatic nitrogens is 1. The SMILES string of the molecule is CSc1cccc2sc(N3CCN(C(=O)Nc4ccc(C)cc4)CC3)nc12. The fourth-order valence-corrected chi connectivity index (χ4v) is 4.82. The van der Waals surface area contributed by atoms with Crippen molar-refractivity contribution < 1.29 is 4.79 Å². The molecule has 1 aliphatic rings. The number of urea groups is 1. The van der Waals surface area contributed by atoms with Gasteiger partial charge in [0.25, 0.3) is 0 Å². The molecule has 1 fully saturated rings. The van der Waals surface area contributed by atoms with Crippen molar-refractivity contribution in [3.05, 3.63) is 48.0 Å². The van der Waals surface area contributed by atoms with Crippen LogP contribution in [0.25, 0.3) is 10.2 Å². The molecule has 2 amide bonds. The summed E-state index contributed by atoms with van der Waals surface area (Å²) >= 11 is 3.46. The van der Waals surface area contributed by atoms with Crippen LogP contribution >= 0.6 is 23.1 Å². The predicted molar refractivity (Wildman–Crippen MR) is 115 cm³/mol. The number of fused-ring (bicyclic) bond motifs is 1. The van der Waals surface area contributed by atoms with Gasteiger partial charge in [-0.2, -0.15) is 0 Å². The summed E-state index contributed by atoms with van der Waals surface area (Å²) < 4.78 is 1.22. The molecule has 1 aliphatic heterocycles. The van der Waals surface area contributed by atoms with E-state index in [2.05, 4.69) is 34.7 Å². The van der Waals surface area contributed by atoms with E-state index in [-0.39, 0.29) is 6.03 Å². The van der Waals surface area contributed by atoms with Gasteiger partial charge in [-0.3, -0.25) is 0 Å². The summed E-state index contributed by atoms with van der Waals surface area (Å²) in [6.45, 7) is 5.03. The summed E-state index contributed by atoms with van der Waals surface area (Å²) in [6, 6.07) is 14.2. The van der Waals surface area contributed by atoms with Crippen LogP contribution in [0.5, 0.6) is 0 Å². The Morgan fingerprint density at radius 1 is 1.11 bits per heavy atom. The molecular weight excluding hydrogens is 376 g/mol. The number of thioether (sulfide) groups is 1. The summed E-state index contributed by atoms with van der Waals surface area (Å²) in [5.74, 6) is 0. The molecule has 7 heteroatoms. The summed E-state index contributed by atoms with van der Waals surface area (Å²) in [6.07, 6.45) is 2.08. The van der Waals surface area contributed by atoms with Crippen molar-refractivity contribution in [1.82, 2.24) is 9.88 Å². The van der Waals surface area contributed by atoms with E-state index in [1.165, 1.54) is 15.2 Å². The number of thiazole rings is 1. The first kappa shape index (κ1) is 18.1. The number of carbonyl (C=O) groups is 1. The molecule has 0 spiro atoms. The highest BCUT2D eigenvalue weighted by Gasteiger charge is 2.23. The van der Waals surface area contributed by atoms with E-state index in [4.69, 9.17) is 4.98 Å². The maximum absolute atomic E-state index is 12.5. The van der Waals surface area contributed by atoms with Crippen molar-refractivity contribution in [2.75, 3.05) is 42.7 Å². The van der Waals surface area contributed by atoms with E-state index in [0.717, 1.165) is 29.4 Å². The molecule has 27 heavy (non-hydrogen) atoms. The molecule has 2 heterocycles. The average molecular weight is 399 g/mol. The number of para-hydroxylation sites is 1. The first-order valence-corrected chi connectivity index (χ1v) is 11.0. The van der Waals surface area contributed by atoms with Gasteiger partial charge < -0.3 is 15.1 Å². The lowest BCUT2D eigenvalue weighted by molar-refractivity contribution is 0.208. The quantitative estimate of drug-likeness (QED) is 0.651. The standard InChI is InChI=1S/C20H22N4OS2/c1-14-6-8-15(9-7-14)21-19(25)23-10-12-24(13-11-23)20-22-18-16(26-2)4-3-5-17(18)27-20/h3-9H,10-13H2,1-2H3,(H,21,25). The lowest BCUT2D eigenvalue weighted by Crippen LogP contribution is -2.50. The maximum atomic E-state index is 12.5. The van der Waals surface area contributed by atoms with E-state index in [1.54, 1.807) is 23.1 Å². The third-order valence-corrected chi connectivity index (χ3v) is 6.58. The number of nitrogens with zero attached hydrogens (tertiary/aromatic N) is 3. The lowest BCUT2D eigenvalue weighted by atomic mass is 10.2. The molecule has 0 aliphatic carbocycles. The number of nitrogens with one attached hydrogen (secondary N) is 1.